The van der Waals surface area contributed by atoms with Crippen molar-refractivity contribution in [3.05, 3.63) is 57.6 Å². The Morgan fingerprint density at radius 2 is 1.68 bits per heavy atom. The first-order chi connectivity index (χ1) is 13.2. The lowest BCUT2D eigenvalue weighted by Crippen LogP contribution is -2.27. The summed E-state index contributed by atoms with van der Waals surface area (Å²) in [6.07, 6.45) is 8.02. The van der Waals surface area contributed by atoms with Crippen molar-refractivity contribution in [1.82, 2.24) is 5.32 Å². The van der Waals surface area contributed by atoms with Crippen LogP contribution >= 0.6 is 28.3 Å². The van der Waals surface area contributed by atoms with Crippen molar-refractivity contribution in [2.45, 2.75) is 64.6 Å². The molecule has 2 aromatic rings. The topological polar surface area (TPSA) is 30.5 Å². The second-order valence-electron chi connectivity index (χ2n) is 7.45. The largest absolute Gasteiger partial charge is 0.493 e. The minimum Gasteiger partial charge on any atom is -0.493 e. The van der Waals surface area contributed by atoms with E-state index in [1.54, 1.807) is 7.11 Å². The Morgan fingerprint density at radius 1 is 1.00 bits per heavy atom. The number of hydrogen-bond donors (Lipinski definition) is 1. The van der Waals surface area contributed by atoms with E-state index in [2.05, 4.69) is 64.6 Å². The molecule has 0 spiro atoms. The number of methoxy groups -OCH3 is 1. The van der Waals surface area contributed by atoms with Crippen molar-refractivity contribution < 1.29 is 9.47 Å². The Morgan fingerprint density at radius 3 is 2.32 bits per heavy atom. The first-order valence-corrected chi connectivity index (χ1v) is 10.7. The van der Waals surface area contributed by atoms with E-state index < -0.39 is 0 Å². The van der Waals surface area contributed by atoms with Gasteiger partial charge in [0.1, 0.15) is 6.61 Å². The highest BCUT2D eigenvalue weighted by Crippen LogP contribution is 2.37. The average molecular weight is 469 g/mol. The van der Waals surface area contributed by atoms with E-state index in [-0.39, 0.29) is 12.4 Å². The van der Waals surface area contributed by atoms with Crippen molar-refractivity contribution in [3.8, 4) is 11.5 Å². The van der Waals surface area contributed by atoms with Gasteiger partial charge >= 0.3 is 0 Å². The Kier molecular flexibility index (Phi) is 9.63. The molecule has 0 aliphatic heterocycles. The molecule has 1 aliphatic rings. The third kappa shape index (κ3) is 6.68. The van der Waals surface area contributed by atoms with Crippen molar-refractivity contribution in [2.24, 2.45) is 0 Å². The molecule has 0 bridgehead atoms. The molecule has 1 aliphatic carbocycles. The van der Waals surface area contributed by atoms with Crippen LogP contribution in [0.25, 0.3) is 0 Å². The van der Waals surface area contributed by atoms with Gasteiger partial charge in [0.25, 0.3) is 0 Å². The second kappa shape index (κ2) is 11.7. The van der Waals surface area contributed by atoms with E-state index in [4.69, 9.17) is 9.47 Å². The van der Waals surface area contributed by atoms with Crippen LogP contribution in [0.15, 0.2) is 40.9 Å². The maximum Gasteiger partial charge on any atom is 0.175 e. The molecule has 1 N–H and O–H groups in total. The fourth-order valence-corrected chi connectivity index (χ4v) is 4.20. The lowest BCUT2D eigenvalue weighted by atomic mass is 10.1. The molecular weight excluding hydrogens is 438 g/mol. The summed E-state index contributed by atoms with van der Waals surface area (Å²) in [6.45, 7) is 3.47. The molecule has 0 atom stereocenters. The van der Waals surface area contributed by atoms with E-state index in [1.807, 2.05) is 0 Å². The Labute approximate surface area is 183 Å². The van der Waals surface area contributed by atoms with Gasteiger partial charge in [0.2, 0.25) is 0 Å². The Hall–Kier alpha value is -1.23. The number of aryl methyl sites for hydroxylation is 1. The van der Waals surface area contributed by atoms with Crippen LogP contribution in [0.1, 0.15) is 55.2 Å². The van der Waals surface area contributed by atoms with E-state index in [9.17, 15) is 0 Å². The van der Waals surface area contributed by atoms with Gasteiger partial charge in [-0.1, -0.05) is 55.5 Å². The van der Waals surface area contributed by atoms with Crippen molar-refractivity contribution in [3.63, 3.8) is 0 Å². The van der Waals surface area contributed by atoms with E-state index in [0.29, 0.717) is 12.6 Å². The standard InChI is InChI=1S/C23H30BrNO2.ClH/c1-17-9-11-18(12-10-17)16-27-23-21(24)13-19(14-22(23)26-2)15-25-20-7-5-3-4-6-8-20;/h9-14,20,25H,3-8,15-16H2,1-2H3;1H. The maximum absolute atomic E-state index is 6.06. The number of nitrogens with one attached hydrogen (secondary N) is 1. The zero-order valence-electron chi connectivity index (χ0n) is 16.8. The van der Waals surface area contributed by atoms with Gasteiger partial charge in [-0.2, -0.15) is 0 Å². The SMILES string of the molecule is COc1cc(CNC2CCCCCC2)cc(Br)c1OCc1ccc(C)cc1.Cl. The summed E-state index contributed by atoms with van der Waals surface area (Å²) in [5.74, 6) is 1.53. The minimum absolute atomic E-state index is 0. The van der Waals surface area contributed by atoms with Crippen LogP contribution in [-0.4, -0.2) is 13.2 Å². The summed E-state index contributed by atoms with van der Waals surface area (Å²) in [6, 6.07) is 13.3. The molecule has 1 fully saturated rings. The normalized spacial score (nSPS) is 14.8. The molecular formula is C23H31BrClNO2. The predicted octanol–water partition coefficient (Wildman–Crippen LogP) is 6.58. The van der Waals surface area contributed by atoms with Gasteiger partial charge < -0.3 is 14.8 Å². The first kappa shape index (κ1) is 23.1. The summed E-state index contributed by atoms with van der Waals surface area (Å²) in [7, 11) is 1.70. The quantitative estimate of drug-likeness (QED) is 0.466. The molecule has 0 amide bonds. The number of benzene rings is 2. The first-order valence-electron chi connectivity index (χ1n) is 9.94. The fourth-order valence-electron chi connectivity index (χ4n) is 3.60. The number of halogens is 2. The van der Waals surface area contributed by atoms with Crippen molar-refractivity contribution >= 4 is 28.3 Å². The molecule has 0 saturated heterocycles. The van der Waals surface area contributed by atoms with Crippen LogP contribution in [-0.2, 0) is 13.2 Å². The number of ether oxygens (including phenoxy) is 2. The molecule has 0 unspecified atom stereocenters. The lowest BCUT2D eigenvalue weighted by Gasteiger charge is -2.18. The van der Waals surface area contributed by atoms with Crippen molar-refractivity contribution in [2.75, 3.05) is 7.11 Å². The van der Waals surface area contributed by atoms with Crippen molar-refractivity contribution in [1.29, 1.82) is 0 Å². The van der Waals surface area contributed by atoms with Crippen LogP contribution < -0.4 is 14.8 Å². The number of hydrogen-bond acceptors (Lipinski definition) is 3. The van der Waals surface area contributed by atoms with E-state index >= 15 is 0 Å². The van der Waals surface area contributed by atoms with Crippen LogP contribution in [0.5, 0.6) is 11.5 Å². The fraction of sp³-hybridized carbons (Fsp3) is 0.478. The Bertz CT molecular complexity index is 728. The summed E-state index contributed by atoms with van der Waals surface area (Å²) < 4.78 is 12.6. The molecule has 0 radical (unpaired) electrons. The summed E-state index contributed by atoms with van der Waals surface area (Å²) in [5, 5.41) is 3.72. The average Bonchev–Trinajstić information content (AvgIpc) is 2.95. The molecule has 2 aromatic carbocycles. The van der Waals surface area contributed by atoms with E-state index in [0.717, 1.165) is 28.1 Å². The van der Waals surface area contributed by atoms with Crippen LogP contribution in [0.3, 0.4) is 0 Å². The third-order valence-corrected chi connectivity index (χ3v) is 5.83. The third-order valence-electron chi connectivity index (χ3n) is 5.24. The summed E-state index contributed by atoms with van der Waals surface area (Å²) in [4.78, 5) is 0. The molecule has 3 nitrogen and oxygen atoms in total. The smallest absolute Gasteiger partial charge is 0.175 e. The molecule has 5 heteroatoms. The Balaban J connectivity index is 0.00000280. The molecule has 154 valence electrons. The van der Waals surface area contributed by atoms with Crippen LogP contribution in [0, 0.1) is 6.92 Å². The monoisotopic (exact) mass is 467 g/mol. The summed E-state index contributed by atoms with van der Waals surface area (Å²) >= 11 is 3.67. The number of rotatable bonds is 7. The van der Waals surface area contributed by atoms with E-state index in [1.165, 1.54) is 49.7 Å². The highest BCUT2D eigenvalue weighted by atomic mass is 79.9. The zero-order valence-corrected chi connectivity index (χ0v) is 19.2. The molecule has 3 rings (SSSR count). The van der Waals surface area contributed by atoms with Gasteiger partial charge in [0.05, 0.1) is 11.6 Å². The lowest BCUT2D eigenvalue weighted by molar-refractivity contribution is 0.282. The second-order valence-corrected chi connectivity index (χ2v) is 8.31. The van der Waals surface area contributed by atoms with Crippen LogP contribution in [0.2, 0.25) is 0 Å². The van der Waals surface area contributed by atoms with Gasteiger partial charge in [-0.3, -0.25) is 0 Å². The van der Waals surface area contributed by atoms with Gasteiger partial charge in [-0.15, -0.1) is 12.4 Å². The van der Waals surface area contributed by atoms with Gasteiger partial charge in [-0.05, 0) is 59.0 Å². The molecule has 0 aromatic heterocycles. The van der Waals surface area contributed by atoms with Gasteiger partial charge in [-0.25, -0.2) is 0 Å². The molecule has 28 heavy (non-hydrogen) atoms. The van der Waals surface area contributed by atoms with Gasteiger partial charge in [0, 0.05) is 12.6 Å². The highest BCUT2D eigenvalue weighted by Gasteiger charge is 2.15. The zero-order chi connectivity index (χ0) is 19.1. The molecule has 1 saturated carbocycles. The predicted molar refractivity (Wildman–Crippen MR) is 122 cm³/mol. The van der Waals surface area contributed by atoms with Gasteiger partial charge in [0.15, 0.2) is 11.5 Å². The summed E-state index contributed by atoms with van der Waals surface area (Å²) in [5.41, 5.74) is 3.61. The highest BCUT2D eigenvalue weighted by molar-refractivity contribution is 9.10. The minimum atomic E-state index is 0. The maximum atomic E-state index is 6.06. The van der Waals surface area contributed by atoms with Crippen LogP contribution in [0.4, 0.5) is 0 Å². The molecule has 0 heterocycles.